The van der Waals surface area contributed by atoms with Crippen LogP contribution >= 0.6 is 0 Å². The summed E-state index contributed by atoms with van der Waals surface area (Å²) in [7, 11) is 0. The molecule has 5 fully saturated rings. The number of allylic oxidation sites excluding steroid dienone is 1. The highest BCUT2D eigenvalue weighted by Crippen LogP contribution is 2.77. The van der Waals surface area contributed by atoms with Crippen molar-refractivity contribution >= 4 is 0 Å². The van der Waals surface area contributed by atoms with E-state index in [9.17, 15) is 10.2 Å². The third-order valence-electron chi connectivity index (χ3n) is 13.5. The van der Waals surface area contributed by atoms with E-state index in [0.717, 1.165) is 18.3 Å². The predicted octanol–water partition coefficient (Wildman–Crippen LogP) is 7.00. The van der Waals surface area contributed by atoms with Crippen molar-refractivity contribution < 1.29 is 10.2 Å². The molecule has 5 saturated carbocycles. The van der Waals surface area contributed by atoms with Gasteiger partial charge in [-0.05, 0) is 128 Å². The van der Waals surface area contributed by atoms with Crippen LogP contribution in [-0.4, -0.2) is 22.9 Å². The molecule has 0 aliphatic heterocycles. The molecule has 2 heteroatoms. The Hall–Kier alpha value is -0.340. The van der Waals surface area contributed by atoms with Gasteiger partial charge in [0, 0.05) is 6.61 Å². The maximum atomic E-state index is 10.9. The minimum Gasteiger partial charge on any atom is -0.396 e. The largest absolute Gasteiger partial charge is 0.396 e. The second kappa shape index (κ2) is 7.09. The number of aliphatic hydroxyl groups is 2. The lowest BCUT2D eigenvalue weighted by Gasteiger charge is -2.73. The van der Waals surface area contributed by atoms with E-state index < -0.39 is 0 Å². The van der Waals surface area contributed by atoms with Gasteiger partial charge >= 0.3 is 0 Å². The van der Waals surface area contributed by atoms with Crippen molar-refractivity contribution in [3.05, 3.63) is 12.2 Å². The van der Waals surface area contributed by atoms with Gasteiger partial charge in [0.25, 0.3) is 0 Å². The van der Waals surface area contributed by atoms with Gasteiger partial charge in [-0.3, -0.25) is 0 Å². The van der Waals surface area contributed by atoms with Crippen molar-refractivity contribution in [3.63, 3.8) is 0 Å². The van der Waals surface area contributed by atoms with Crippen LogP contribution in [0.1, 0.15) is 106 Å². The Morgan fingerprint density at radius 3 is 2.19 bits per heavy atom. The van der Waals surface area contributed by atoms with Crippen LogP contribution in [0.5, 0.6) is 0 Å². The first-order chi connectivity index (χ1) is 14.9. The second-order valence-electron chi connectivity index (χ2n) is 14.6. The highest BCUT2D eigenvalue weighted by molar-refractivity contribution is 5.21. The highest BCUT2D eigenvalue weighted by atomic mass is 16.3. The molecule has 0 bridgehead atoms. The summed E-state index contributed by atoms with van der Waals surface area (Å²) in [6.07, 6.45) is 12.2. The van der Waals surface area contributed by atoms with Gasteiger partial charge < -0.3 is 10.2 Å². The molecule has 0 aromatic heterocycles. The Labute approximate surface area is 197 Å². The Bertz CT molecular complexity index is 786. The molecule has 0 aromatic rings. The van der Waals surface area contributed by atoms with Crippen molar-refractivity contribution in [2.45, 2.75) is 112 Å². The summed E-state index contributed by atoms with van der Waals surface area (Å²) >= 11 is 0. The molecular formula is C30H50O2. The molecule has 0 aromatic carbocycles. The topological polar surface area (TPSA) is 40.5 Å². The molecule has 182 valence electrons. The molecule has 0 radical (unpaired) electrons. The molecule has 5 aliphatic carbocycles. The lowest BCUT2D eigenvalue weighted by atomic mass is 9.32. The third-order valence-corrected chi connectivity index (χ3v) is 13.5. The maximum absolute atomic E-state index is 10.9. The monoisotopic (exact) mass is 442 g/mol. The minimum atomic E-state index is -0.147. The van der Waals surface area contributed by atoms with Gasteiger partial charge in [-0.1, -0.05) is 46.8 Å². The summed E-state index contributed by atoms with van der Waals surface area (Å²) in [6.45, 7) is 19.7. The predicted molar refractivity (Wildman–Crippen MR) is 132 cm³/mol. The van der Waals surface area contributed by atoms with Crippen molar-refractivity contribution in [2.24, 2.45) is 56.7 Å². The smallest absolute Gasteiger partial charge is 0.0594 e. The van der Waals surface area contributed by atoms with Gasteiger partial charge in [-0.2, -0.15) is 0 Å². The van der Waals surface area contributed by atoms with Crippen LogP contribution in [0.4, 0.5) is 0 Å². The minimum absolute atomic E-state index is 0.0290. The van der Waals surface area contributed by atoms with Gasteiger partial charge in [-0.15, -0.1) is 0 Å². The number of hydrogen-bond acceptors (Lipinski definition) is 2. The van der Waals surface area contributed by atoms with E-state index in [1.165, 1.54) is 63.4 Å². The third kappa shape index (κ3) is 2.66. The standard InChI is InChI=1S/C30H50O2/c1-19(2)20-10-15-30(18-31)17-16-28(6)21(25(20)30)8-9-23-27(5)13-12-24(32)26(3,4)22(27)11-14-29(23,28)7/h20-25,31-32H,1,8-18H2,2-7H3/t20-,21?,22-,23?,24-,25?,27-,28+,29+,30+/m0/s1. The van der Waals surface area contributed by atoms with Crippen LogP contribution in [0.2, 0.25) is 0 Å². The summed E-state index contributed by atoms with van der Waals surface area (Å²) in [5.41, 5.74) is 2.60. The molecule has 2 nitrogen and oxygen atoms in total. The van der Waals surface area contributed by atoms with E-state index >= 15 is 0 Å². The van der Waals surface area contributed by atoms with Crippen molar-refractivity contribution in [1.29, 1.82) is 0 Å². The Morgan fingerprint density at radius 1 is 0.812 bits per heavy atom. The molecule has 32 heavy (non-hydrogen) atoms. The Balaban J connectivity index is 1.55. The van der Waals surface area contributed by atoms with Crippen molar-refractivity contribution in [1.82, 2.24) is 0 Å². The highest BCUT2D eigenvalue weighted by Gasteiger charge is 2.70. The summed E-state index contributed by atoms with van der Waals surface area (Å²) in [4.78, 5) is 0. The average Bonchev–Trinajstić information content (AvgIpc) is 3.12. The first-order valence-corrected chi connectivity index (χ1v) is 13.8. The average molecular weight is 443 g/mol. The van der Waals surface area contributed by atoms with Crippen molar-refractivity contribution in [3.8, 4) is 0 Å². The zero-order valence-corrected chi connectivity index (χ0v) is 21.8. The molecule has 0 amide bonds. The molecule has 3 unspecified atom stereocenters. The number of aliphatic hydroxyl groups excluding tert-OH is 2. The van der Waals surface area contributed by atoms with E-state index in [4.69, 9.17) is 0 Å². The van der Waals surface area contributed by atoms with Gasteiger partial charge in [0.1, 0.15) is 0 Å². The molecule has 0 saturated heterocycles. The first-order valence-electron chi connectivity index (χ1n) is 13.8. The lowest BCUT2D eigenvalue weighted by molar-refractivity contribution is -0.249. The van der Waals surface area contributed by atoms with Gasteiger partial charge in [0.2, 0.25) is 0 Å². The molecular weight excluding hydrogens is 392 g/mol. The van der Waals surface area contributed by atoms with Crippen LogP contribution in [0.25, 0.3) is 0 Å². The van der Waals surface area contributed by atoms with Crippen LogP contribution in [0.15, 0.2) is 12.2 Å². The summed E-state index contributed by atoms with van der Waals surface area (Å²) in [5.74, 6) is 3.33. The summed E-state index contributed by atoms with van der Waals surface area (Å²) in [5, 5.41) is 21.5. The fourth-order valence-corrected chi connectivity index (χ4v) is 11.5. The van der Waals surface area contributed by atoms with Crippen LogP contribution in [0, 0.1) is 56.7 Å². The normalized spacial score (nSPS) is 56.5. The van der Waals surface area contributed by atoms with Crippen LogP contribution in [-0.2, 0) is 0 Å². The fourth-order valence-electron chi connectivity index (χ4n) is 11.5. The Morgan fingerprint density at radius 2 is 1.53 bits per heavy atom. The van der Waals surface area contributed by atoms with Gasteiger partial charge in [0.05, 0.1) is 6.10 Å². The van der Waals surface area contributed by atoms with Crippen molar-refractivity contribution in [2.75, 3.05) is 6.61 Å². The van der Waals surface area contributed by atoms with E-state index in [-0.39, 0.29) is 16.9 Å². The first kappa shape index (κ1) is 23.4. The zero-order valence-electron chi connectivity index (χ0n) is 21.8. The Kier molecular flexibility index (Phi) is 5.19. The van der Waals surface area contributed by atoms with E-state index in [2.05, 4.69) is 48.1 Å². The molecule has 0 heterocycles. The SMILES string of the molecule is C=C(C)[C@@H]1CC[C@]2(CO)CC[C@]3(C)C(CCC4[C@@]5(C)CC[C@H](O)C(C)(C)[C@@H]5CC[C@]43C)C12. The molecule has 10 atom stereocenters. The fraction of sp³-hybridized carbons (Fsp3) is 0.933. The van der Waals surface area contributed by atoms with Gasteiger partial charge in [-0.25, -0.2) is 0 Å². The summed E-state index contributed by atoms with van der Waals surface area (Å²) < 4.78 is 0. The number of rotatable bonds is 2. The summed E-state index contributed by atoms with van der Waals surface area (Å²) in [6, 6.07) is 0. The maximum Gasteiger partial charge on any atom is 0.0594 e. The molecule has 2 N–H and O–H groups in total. The quantitative estimate of drug-likeness (QED) is 0.452. The lowest BCUT2D eigenvalue weighted by Crippen LogP contribution is -2.66. The second-order valence-corrected chi connectivity index (χ2v) is 14.6. The van der Waals surface area contributed by atoms with E-state index in [1.54, 1.807) is 0 Å². The molecule has 0 spiro atoms. The van der Waals surface area contributed by atoms with Crippen LogP contribution in [0.3, 0.4) is 0 Å². The van der Waals surface area contributed by atoms with Crippen LogP contribution < -0.4 is 0 Å². The van der Waals surface area contributed by atoms with E-state index in [0.29, 0.717) is 40.6 Å². The van der Waals surface area contributed by atoms with E-state index in [1.807, 2.05) is 0 Å². The number of hydrogen-bond donors (Lipinski definition) is 2. The van der Waals surface area contributed by atoms with Gasteiger partial charge in [0.15, 0.2) is 0 Å². The zero-order chi connectivity index (χ0) is 23.3. The molecule has 5 aliphatic rings. The number of fused-ring (bicyclic) bond motifs is 7. The molecule has 5 rings (SSSR count).